The molecule has 15 heavy (non-hydrogen) atoms. The van der Waals surface area contributed by atoms with E-state index in [0.29, 0.717) is 5.02 Å². The van der Waals surface area contributed by atoms with Crippen LogP contribution in [0.15, 0.2) is 18.2 Å². The van der Waals surface area contributed by atoms with Gasteiger partial charge in [-0.15, -0.1) is 0 Å². The molecule has 0 unspecified atom stereocenters. The topological polar surface area (TPSA) is 72.5 Å². The van der Waals surface area contributed by atoms with Crippen molar-refractivity contribution in [3.63, 3.8) is 0 Å². The number of carbonyl (C=O) groups excluding carboxylic acids is 1. The molecular weight excluding hydrogens is 218 g/mol. The molecule has 0 heterocycles. The van der Waals surface area contributed by atoms with Crippen LogP contribution in [0.5, 0.6) is 0 Å². The minimum atomic E-state index is -0.948. The third-order valence-corrected chi connectivity index (χ3v) is 2.21. The predicted octanol–water partition coefficient (Wildman–Crippen LogP) is 0.946. The average Bonchev–Trinajstić information content (AvgIpc) is 2.19. The van der Waals surface area contributed by atoms with Crippen molar-refractivity contribution in [3.8, 4) is 0 Å². The summed E-state index contributed by atoms with van der Waals surface area (Å²) < 4.78 is 4.56. The Balaban J connectivity index is 3.00. The molecule has 0 fully saturated rings. The Bertz CT molecular complexity index is 366. The molecule has 0 saturated heterocycles. The van der Waals surface area contributed by atoms with E-state index < -0.39 is 12.2 Å². The molecule has 4 nitrogen and oxygen atoms in total. The van der Waals surface area contributed by atoms with Gasteiger partial charge in [0.05, 0.1) is 17.7 Å². The van der Waals surface area contributed by atoms with E-state index >= 15 is 0 Å². The van der Waals surface area contributed by atoms with Crippen LogP contribution in [0.1, 0.15) is 15.9 Å². The molecule has 0 aliphatic heterocycles. The third kappa shape index (κ3) is 3.20. The zero-order chi connectivity index (χ0) is 11.4. The van der Waals surface area contributed by atoms with Crippen LogP contribution in [0, 0.1) is 0 Å². The highest BCUT2D eigenvalue weighted by molar-refractivity contribution is 6.33. The molecule has 0 aliphatic carbocycles. The lowest BCUT2D eigenvalue weighted by molar-refractivity contribution is 0.0600. The average molecular weight is 230 g/mol. The van der Waals surface area contributed by atoms with Crippen molar-refractivity contribution in [2.75, 3.05) is 7.11 Å². The number of hydrogen-bond donors (Lipinski definition) is 2. The first kappa shape index (κ1) is 12.0. The number of carbonyl (C=O) groups is 1. The lowest BCUT2D eigenvalue weighted by atomic mass is 10.1. The van der Waals surface area contributed by atoms with Gasteiger partial charge in [-0.3, -0.25) is 0 Å². The van der Waals surface area contributed by atoms with Crippen molar-refractivity contribution in [1.29, 1.82) is 0 Å². The van der Waals surface area contributed by atoms with Gasteiger partial charge in [0.2, 0.25) is 0 Å². The van der Waals surface area contributed by atoms with Crippen molar-refractivity contribution in [2.45, 2.75) is 12.6 Å². The van der Waals surface area contributed by atoms with Crippen LogP contribution >= 0.6 is 11.6 Å². The van der Waals surface area contributed by atoms with Gasteiger partial charge in [-0.25, -0.2) is 4.79 Å². The zero-order valence-corrected chi connectivity index (χ0v) is 8.99. The van der Waals surface area contributed by atoms with Gasteiger partial charge < -0.3 is 15.6 Å². The fourth-order valence-corrected chi connectivity index (χ4v) is 1.40. The van der Waals surface area contributed by atoms with E-state index in [1.807, 2.05) is 0 Å². The summed E-state index contributed by atoms with van der Waals surface area (Å²) in [5.41, 5.74) is 6.23. The van der Waals surface area contributed by atoms with Crippen molar-refractivity contribution in [3.05, 3.63) is 34.3 Å². The summed E-state index contributed by atoms with van der Waals surface area (Å²) in [4.78, 5) is 11.3. The van der Waals surface area contributed by atoms with E-state index in [2.05, 4.69) is 4.74 Å². The minimum absolute atomic E-state index is 0.265. The largest absolute Gasteiger partial charge is 0.465 e. The smallest absolute Gasteiger partial charge is 0.339 e. The molecule has 0 radical (unpaired) electrons. The van der Waals surface area contributed by atoms with Crippen LogP contribution < -0.4 is 5.73 Å². The van der Waals surface area contributed by atoms with E-state index in [0.717, 1.165) is 5.56 Å². The van der Waals surface area contributed by atoms with E-state index in [-0.39, 0.29) is 12.0 Å². The molecule has 0 bridgehead atoms. The maximum atomic E-state index is 11.3. The fraction of sp³-hybridized carbons (Fsp3) is 0.300. The number of ether oxygens (including phenoxy) is 1. The molecule has 0 aromatic heterocycles. The molecule has 1 aromatic carbocycles. The highest BCUT2D eigenvalue weighted by atomic mass is 35.5. The Morgan fingerprint density at radius 1 is 1.67 bits per heavy atom. The highest BCUT2D eigenvalue weighted by Gasteiger charge is 2.11. The summed E-state index contributed by atoms with van der Waals surface area (Å²) in [6.45, 7) is 0. The lowest BCUT2D eigenvalue weighted by Gasteiger charge is -2.07. The molecule has 0 spiro atoms. The number of aliphatic hydroxyl groups excluding tert-OH is 1. The van der Waals surface area contributed by atoms with Gasteiger partial charge in [-0.05, 0) is 17.7 Å². The van der Waals surface area contributed by atoms with Crippen molar-refractivity contribution >= 4 is 17.6 Å². The van der Waals surface area contributed by atoms with Crippen molar-refractivity contribution < 1.29 is 14.6 Å². The van der Waals surface area contributed by atoms with Gasteiger partial charge in [0.15, 0.2) is 0 Å². The predicted molar refractivity (Wildman–Crippen MR) is 56.7 cm³/mol. The number of rotatable bonds is 3. The van der Waals surface area contributed by atoms with Crippen LogP contribution in [0.2, 0.25) is 5.02 Å². The fourth-order valence-electron chi connectivity index (χ4n) is 1.21. The van der Waals surface area contributed by atoms with Gasteiger partial charge in [-0.2, -0.15) is 0 Å². The van der Waals surface area contributed by atoms with E-state index in [1.165, 1.54) is 7.11 Å². The second-order valence-electron chi connectivity index (χ2n) is 3.08. The Hall–Kier alpha value is -1.10. The summed E-state index contributed by atoms with van der Waals surface area (Å²) in [6, 6.07) is 4.83. The van der Waals surface area contributed by atoms with Crippen molar-refractivity contribution in [2.24, 2.45) is 5.73 Å². The minimum Gasteiger partial charge on any atom is -0.465 e. The molecule has 82 valence electrons. The quantitative estimate of drug-likeness (QED) is 0.598. The number of aliphatic hydroxyl groups is 1. The monoisotopic (exact) mass is 229 g/mol. The van der Waals surface area contributed by atoms with Crippen LogP contribution in [-0.4, -0.2) is 24.4 Å². The number of esters is 1. The second kappa shape index (κ2) is 5.11. The van der Waals surface area contributed by atoms with E-state index in [1.54, 1.807) is 18.2 Å². The summed E-state index contributed by atoms with van der Waals surface area (Å²) in [7, 11) is 1.28. The van der Waals surface area contributed by atoms with E-state index in [9.17, 15) is 4.79 Å². The molecule has 1 atom stereocenters. The maximum Gasteiger partial charge on any atom is 0.339 e. The Labute approximate surface area is 92.6 Å². The molecule has 1 aromatic rings. The van der Waals surface area contributed by atoms with E-state index in [4.69, 9.17) is 22.4 Å². The SMILES string of the molecule is COC(=O)c1cc(C[C@@H](N)O)ccc1Cl. The number of methoxy groups -OCH3 is 1. The summed E-state index contributed by atoms with van der Waals surface area (Å²) in [5.74, 6) is -0.506. The molecule has 5 heteroatoms. The second-order valence-corrected chi connectivity index (χ2v) is 3.48. The molecule has 3 N–H and O–H groups in total. The number of nitrogens with two attached hydrogens (primary N) is 1. The van der Waals surface area contributed by atoms with Crippen molar-refractivity contribution in [1.82, 2.24) is 0 Å². The van der Waals surface area contributed by atoms with Gasteiger partial charge in [0, 0.05) is 6.42 Å². The maximum absolute atomic E-state index is 11.3. The molecular formula is C10H12ClNO3. The van der Waals surface area contributed by atoms with Crippen LogP contribution in [0.4, 0.5) is 0 Å². The van der Waals surface area contributed by atoms with Crippen LogP contribution in [-0.2, 0) is 11.2 Å². The highest BCUT2D eigenvalue weighted by Crippen LogP contribution is 2.19. The normalized spacial score (nSPS) is 12.3. The first-order chi connectivity index (χ1) is 7.04. The number of benzene rings is 1. The first-order valence-corrected chi connectivity index (χ1v) is 4.72. The summed E-state index contributed by atoms with van der Waals surface area (Å²) in [6.07, 6.45) is -0.682. The lowest BCUT2D eigenvalue weighted by Crippen LogP contribution is -2.21. The Morgan fingerprint density at radius 3 is 2.87 bits per heavy atom. The molecule has 1 rings (SSSR count). The van der Waals surface area contributed by atoms with Gasteiger partial charge in [0.1, 0.15) is 6.23 Å². The van der Waals surface area contributed by atoms with Gasteiger partial charge >= 0.3 is 5.97 Å². The summed E-state index contributed by atoms with van der Waals surface area (Å²) in [5, 5.41) is 9.31. The molecule has 0 aliphatic rings. The third-order valence-electron chi connectivity index (χ3n) is 1.88. The zero-order valence-electron chi connectivity index (χ0n) is 8.24. The summed E-state index contributed by atoms with van der Waals surface area (Å²) >= 11 is 5.81. The first-order valence-electron chi connectivity index (χ1n) is 4.35. The number of halogens is 1. The Morgan fingerprint density at radius 2 is 2.33 bits per heavy atom. The molecule has 0 saturated carbocycles. The van der Waals surface area contributed by atoms with Crippen LogP contribution in [0.3, 0.4) is 0 Å². The van der Waals surface area contributed by atoms with Gasteiger partial charge in [0.25, 0.3) is 0 Å². The number of hydrogen-bond acceptors (Lipinski definition) is 4. The standard InChI is InChI=1S/C10H12ClNO3/c1-15-10(14)7-4-6(5-9(12)13)2-3-8(7)11/h2-4,9,13H,5,12H2,1H3/t9-/m0/s1. The Kier molecular flexibility index (Phi) is 4.08. The van der Waals surface area contributed by atoms with Crippen LogP contribution in [0.25, 0.3) is 0 Å². The van der Waals surface area contributed by atoms with Gasteiger partial charge in [-0.1, -0.05) is 17.7 Å². The molecule has 0 amide bonds.